The van der Waals surface area contributed by atoms with Crippen LogP contribution in [-0.4, -0.2) is 17.0 Å². The topological polar surface area (TPSA) is 80.4 Å². The fourth-order valence-corrected chi connectivity index (χ4v) is 1.25. The molecule has 0 radical (unpaired) electrons. The first-order valence-corrected chi connectivity index (χ1v) is 4.62. The van der Waals surface area contributed by atoms with Crippen molar-refractivity contribution in [1.29, 1.82) is 0 Å². The van der Waals surface area contributed by atoms with E-state index in [1.165, 1.54) is 0 Å². The molecule has 0 saturated carbocycles. The Balaban J connectivity index is 2.72. The molecule has 1 amide bonds. The molecule has 0 bridgehead atoms. The molecule has 1 rings (SSSR count). The molecule has 0 aliphatic heterocycles. The van der Waals surface area contributed by atoms with Crippen molar-refractivity contribution in [2.75, 3.05) is 0 Å². The van der Waals surface area contributed by atoms with Gasteiger partial charge in [0.2, 0.25) is 5.91 Å². The van der Waals surface area contributed by atoms with Gasteiger partial charge in [-0.15, -0.1) is 0 Å². The first kappa shape index (κ1) is 11.2. The summed E-state index contributed by atoms with van der Waals surface area (Å²) < 4.78 is 0. The number of hydrogen-bond acceptors (Lipinski definition) is 2. The summed E-state index contributed by atoms with van der Waals surface area (Å²) >= 11 is 0. The van der Waals surface area contributed by atoms with Crippen LogP contribution < -0.4 is 5.73 Å². The second-order valence-corrected chi connectivity index (χ2v) is 3.50. The fraction of sp³-hybridized carbons (Fsp3) is 0.273. The molecule has 4 heteroatoms. The van der Waals surface area contributed by atoms with Gasteiger partial charge in [0.05, 0.1) is 5.92 Å². The van der Waals surface area contributed by atoms with Crippen molar-refractivity contribution in [3.8, 4) is 0 Å². The molecule has 1 unspecified atom stereocenters. The first-order valence-electron chi connectivity index (χ1n) is 4.62. The summed E-state index contributed by atoms with van der Waals surface area (Å²) in [4.78, 5) is 21.4. The average Bonchev–Trinajstić information content (AvgIpc) is 2.18. The zero-order valence-corrected chi connectivity index (χ0v) is 8.43. The molecule has 0 spiro atoms. The average molecular weight is 207 g/mol. The molecule has 0 aliphatic carbocycles. The molecule has 80 valence electrons. The fourth-order valence-electron chi connectivity index (χ4n) is 1.25. The standard InChI is InChI=1S/C11H13NO3/c1-7(11(14)15)6-8-2-4-9(5-3-8)10(12)13/h2-5,7H,6H2,1H3,(H2,12,13)(H,14,15). The molecule has 4 nitrogen and oxygen atoms in total. The molecule has 0 heterocycles. The maximum absolute atomic E-state index is 10.8. The number of benzene rings is 1. The maximum atomic E-state index is 10.8. The van der Waals surface area contributed by atoms with E-state index in [0.29, 0.717) is 12.0 Å². The Morgan fingerprint density at radius 1 is 1.33 bits per heavy atom. The van der Waals surface area contributed by atoms with Crippen LogP contribution in [0.1, 0.15) is 22.8 Å². The van der Waals surface area contributed by atoms with Crippen molar-refractivity contribution in [1.82, 2.24) is 0 Å². The normalized spacial score (nSPS) is 12.1. The van der Waals surface area contributed by atoms with Crippen LogP contribution in [0.3, 0.4) is 0 Å². The maximum Gasteiger partial charge on any atom is 0.306 e. The molecule has 0 aliphatic rings. The molecule has 0 fully saturated rings. The van der Waals surface area contributed by atoms with Gasteiger partial charge in [-0.25, -0.2) is 0 Å². The molecule has 1 aromatic carbocycles. The van der Waals surface area contributed by atoms with Crippen molar-refractivity contribution in [3.05, 3.63) is 35.4 Å². The SMILES string of the molecule is CC(Cc1ccc(C(N)=O)cc1)C(=O)O. The Bertz CT molecular complexity index is 370. The second kappa shape index (κ2) is 4.59. The third kappa shape index (κ3) is 3.09. The minimum absolute atomic E-state index is 0.426. The van der Waals surface area contributed by atoms with Gasteiger partial charge in [0.15, 0.2) is 0 Å². The van der Waals surface area contributed by atoms with E-state index >= 15 is 0 Å². The highest BCUT2D eigenvalue weighted by Crippen LogP contribution is 2.10. The lowest BCUT2D eigenvalue weighted by Gasteiger charge is -2.06. The number of carboxylic acids is 1. The third-order valence-electron chi connectivity index (χ3n) is 2.20. The summed E-state index contributed by atoms with van der Waals surface area (Å²) in [5, 5.41) is 8.71. The zero-order chi connectivity index (χ0) is 11.4. The summed E-state index contributed by atoms with van der Waals surface area (Å²) in [6.07, 6.45) is 0.453. The monoisotopic (exact) mass is 207 g/mol. The molecule has 0 aromatic heterocycles. The molecule has 0 saturated heterocycles. The number of carbonyl (C=O) groups is 2. The summed E-state index contributed by atoms with van der Waals surface area (Å²) in [5.41, 5.74) is 6.40. The highest BCUT2D eigenvalue weighted by molar-refractivity contribution is 5.92. The van der Waals surface area contributed by atoms with Gasteiger partial charge in [0.1, 0.15) is 0 Å². The number of rotatable bonds is 4. The van der Waals surface area contributed by atoms with Gasteiger partial charge >= 0.3 is 5.97 Å². The summed E-state index contributed by atoms with van der Waals surface area (Å²) in [6.45, 7) is 1.64. The minimum Gasteiger partial charge on any atom is -0.481 e. The number of carbonyl (C=O) groups excluding carboxylic acids is 1. The van der Waals surface area contributed by atoms with Crippen molar-refractivity contribution < 1.29 is 14.7 Å². The first-order chi connectivity index (χ1) is 7.00. The van der Waals surface area contributed by atoms with E-state index in [2.05, 4.69) is 0 Å². The Morgan fingerprint density at radius 3 is 2.27 bits per heavy atom. The second-order valence-electron chi connectivity index (χ2n) is 3.50. The summed E-state index contributed by atoms with van der Waals surface area (Å²) in [6, 6.07) is 6.65. The predicted octanol–water partition coefficient (Wildman–Crippen LogP) is 1.05. The summed E-state index contributed by atoms with van der Waals surface area (Å²) in [5.74, 6) is -1.73. The highest BCUT2D eigenvalue weighted by Gasteiger charge is 2.11. The van der Waals surface area contributed by atoms with E-state index in [-0.39, 0.29) is 0 Å². The van der Waals surface area contributed by atoms with Gasteiger partial charge in [-0.05, 0) is 24.1 Å². The number of hydrogen-bond donors (Lipinski definition) is 2. The van der Waals surface area contributed by atoms with Crippen LogP contribution in [0.15, 0.2) is 24.3 Å². The minimum atomic E-state index is -0.825. The third-order valence-corrected chi connectivity index (χ3v) is 2.20. The van der Waals surface area contributed by atoms with E-state index in [9.17, 15) is 9.59 Å². The number of amides is 1. The Morgan fingerprint density at radius 2 is 1.87 bits per heavy atom. The van der Waals surface area contributed by atoms with E-state index in [1.807, 2.05) is 0 Å². The van der Waals surface area contributed by atoms with Crippen LogP contribution in [0.2, 0.25) is 0 Å². The molecule has 15 heavy (non-hydrogen) atoms. The molecular formula is C11H13NO3. The van der Waals surface area contributed by atoms with Crippen molar-refractivity contribution in [2.45, 2.75) is 13.3 Å². The van der Waals surface area contributed by atoms with Gasteiger partial charge in [-0.3, -0.25) is 9.59 Å². The Kier molecular flexibility index (Phi) is 3.44. The molecule has 3 N–H and O–H groups in total. The number of carboxylic acid groups (broad SMARTS) is 1. The van der Waals surface area contributed by atoms with Crippen LogP contribution in [0.25, 0.3) is 0 Å². The van der Waals surface area contributed by atoms with Gasteiger partial charge in [-0.1, -0.05) is 19.1 Å². The van der Waals surface area contributed by atoms with Gasteiger partial charge in [0, 0.05) is 5.56 Å². The van der Waals surface area contributed by atoms with Crippen molar-refractivity contribution in [3.63, 3.8) is 0 Å². The zero-order valence-electron chi connectivity index (χ0n) is 8.43. The predicted molar refractivity (Wildman–Crippen MR) is 55.5 cm³/mol. The van der Waals surface area contributed by atoms with Crippen LogP contribution in [-0.2, 0) is 11.2 Å². The Labute approximate surface area is 87.7 Å². The van der Waals surface area contributed by atoms with E-state index < -0.39 is 17.8 Å². The van der Waals surface area contributed by atoms with Crippen LogP contribution in [0.5, 0.6) is 0 Å². The highest BCUT2D eigenvalue weighted by atomic mass is 16.4. The van der Waals surface area contributed by atoms with Crippen LogP contribution in [0, 0.1) is 5.92 Å². The molecule has 1 aromatic rings. The van der Waals surface area contributed by atoms with Crippen LogP contribution >= 0.6 is 0 Å². The number of aliphatic carboxylic acids is 1. The lowest BCUT2D eigenvalue weighted by Crippen LogP contribution is -2.13. The van der Waals surface area contributed by atoms with Crippen molar-refractivity contribution in [2.24, 2.45) is 11.7 Å². The smallest absolute Gasteiger partial charge is 0.306 e. The molecular weight excluding hydrogens is 194 g/mol. The largest absolute Gasteiger partial charge is 0.481 e. The number of primary amides is 1. The van der Waals surface area contributed by atoms with Gasteiger partial charge < -0.3 is 10.8 Å². The van der Waals surface area contributed by atoms with Gasteiger partial charge in [-0.2, -0.15) is 0 Å². The van der Waals surface area contributed by atoms with Crippen LogP contribution in [0.4, 0.5) is 0 Å². The molecule has 1 atom stereocenters. The van der Waals surface area contributed by atoms with E-state index in [0.717, 1.165) is 5.56 Å². The lowest BCUT2D eigenvalue weighted by atomic mass is 10.0. The lowest BCUT2D eigenvalue weighted by molar-refractivity contribution is -0.141. The van der Waals surface area contributed by atoms with E-state index in [1.54, 1.807) is 31.2 Å². The van der Waals surface area contributed by atoms with E-state index in [4.69, 9.17) is 10.8 Å². The Hall–Kier alpha value is -1.84. The number of nitrogens with two attached hydrogens (primary N) is 1. The quantitative estimate of drug-likeness (QED) is 0.774. The van der Waals surface area contributed by atoms with Crippen molar-refractivity contribution >= 4 is 11.9 Å². The van der Waals surface area contributed by atoms with Gasteiger partial charge in [0.25, 0.3) is 0 Å². The summed E-state index contributed by atoms with van der Waals surface area (Å²) in [7, 11) is 0.